The summed E-state index contributed by atoms with van der Waals surface area (Å²) in [6, 6.07) is 7.40. The van der Waals surface area contributed by atoms with Crippen LogP contribution in [0.15, 0.2) is 42.2 Å². The lowest BCUT2D eigenvalue weighted by Gasteiger charge is -2.20. The van der Waals surface area contributed by atoms with Crippen molar-refractivity contribution in [1.29, 1.82) is 0 Å². The fourth-order valence-electron chi connectivity index (χ4n) is 1.97. The Bertz CT molecular complexity index is 543. The summed E-state index contributed by atoms with van der Waals surface area (Å²) in [7, 11) is 1.60. The first kappa shape index (κ1) is 16.8. The summed E-state index contributed by atoms with van der Waals surface area (Å²) in [4.78, 5) is 14.3. The van der Waals surface area contributed by atoms with Crippen LogP contribution < -0.4 is 5.73 Å². The van der Waals surface area contributed by atoms with Crippen LogP contribution in [0.25, 0.3) is 5.70 Å². The molecule has 1 rings (SSSR count). The summed E-state index contributed by atoms with van der Waals surface area (Å²) in [6.45, 7) is 7.13. The predicted octanol–water partition coefficient (Wildman–Crippen LogP) is 3.02. The van der Waals surface area contributed by atoms with Crippen molar-refractivity contribution in [2.45, 2.75) is 20.8 Å². The number of methoxy groups -OCH3 is 1. The number of ether oxygens (including phenoxy) is 1. The third kappa shape index (κ3) is 4.38. The van der Waals surface area contributed by atoms with Crippen molar-refractivity contribution in [2.24, 2.45) is 5.73 Å². The number of carbonyl (C=O) groups excluding carboxylic acids is 1. The van der Waals surface area contributed by atoms with E-state index >= 15 is 0 Å². The Hall–Kier alpha value is -2.23. The second kappa shape index (κ2) is 8.15. The van der Waals surface area contributed by atoms with Crippen LogP contribution in [0.3, 0.4) is 0 Å². The van der Waals surface area contributed by atoms with Crippen molar-refractivity contribution in [3.05, 3.63) is 53.3 Å². The molecule has 0 aromatic heterocycles. The summed E-state index contributed by atoms with van der Waals surface area (Å²) >= 11 is 0. The minimum Gasteiger partial charge on any atom is -0.501 e. The smallest absolute Gasteiger partial charge is 0.254 e. The molecule has 0 bridgehead atoms. The highest BCUT2D eigenvalue weighted by atomic mass is 16.5. The van der Waals surface area contributed by atoms with Crippen molar-refractivity contribution in [3.63, 3.8) is 0 Å². The Morgan fingerprint density at radius 3 is 2.29 bits per heavy atom. The van der Waals surface area contributed by atoms with Gasteiger partial charge in [0.1, 0.15) is 0 Å². The normalized spacial score (nSPS) is 12.2. The van der Waals surface area contributed by atoms with Crippen LogP contribution >= 0.6 is 0 Å². The van der Waals surface area contributed by atoms with Gasteiger partial charge in [0.05, 0.1) is 12.9 Å². The van der Waals surface area contributed by atoms with E-state index < -0.39 is 0 Å². The molecule has 0 atom stereocenters. The molecule has 0 saturated heterocycles. The lowest BCUT2D eigenvalue weighted by molar-refractivity contribution is 0.0772. The lowest BCUT2D eigenvalue weighted by Crippen LogP contribution is -2.31. The molecule has 114 valence electrons. The van der Waals surface area contributed by atoms with Gasteiger partial charge in [-0.3, -0.25) is 4.79 Å². The number of hydrogen-bond acceptors (Lipinski definition) is 3. The molecule has 2 N–H and O–H groups in total. The largest absolute Gasteiger partial charge is 0.501 e. The molecule has 0 heterocycles. The molecule has 0 spiro atoms. The SMILES string of the molecule is CCN(CC)C(=O)c1ccccc1/C(N)=C/C=C(\C)OC. The average molecular weight is 288 g/mol. The molecule has 21 heavy (non-hydrogen) atoms. The van der Waals surface area contributed by atoms with Crippen LogP contribution in [0.5, 0.6) is 0 Å². The van der Waals surface area contributed by atoms with E-state index in [9.17, 15) is 4.79 Å². The third-order valence-corrected chi connectivity index (χ3v) is 3.34. The van der Waals surface area contributed by atoms with Crippen LogP contribution in [0.1, 0.15) is 36.7 Å². The number of amides is 1. The highest BCUT2D eigenvalue weighted by Crippen LogP contribution is 2.18. The predicted molar refractivity (Wildman–Crippen MR) is 86.6 cm³/mol. The van der Waals surface area contributed by atoms with Gasteiger partial charge in [-0.15, -0.1) is 0 Å². The molecule has 0 aliphatic heterocycles. The van der Waals surface area contributed by atoms with E-state index in [-0.39, 0.29) is 5.91 Å². The molecule has 0 aliphatic carbocycles. The van der Waals surface area contributed by atoms with Crippen LogP contribution in [0.4, 0.5) is 0 Å². The summed E-state index contributed by atoms with van der Waals surface area (Å²) in [5, 5.41) is 0. The lowest BCUT2D eigenvalue weighted by atomic mass is 10.0. The molecule has 0 radical (unpaired) electrons. The third-order valence-electron chi connectivity index (χ3n) is 3.34. The monoisotopic (exact) mass is 288 g/mol. The molecule has 0 unspecified atom stereocenters. The number of hydrogen-bond donors (Lipinski definition) is 1. The zero-order valence-corrected chi connectivity index (χ0v) is 13.2. The van der Waals surface area contributed by atoms with Gasteiger partial charge in [-0.25, -0.2) is 0 Å². The fraction of sp³-hybridized carbons (Fsp3) is 0.353. The molecule has 4 heteroatoms. The highest BCUT2D eigenvalue weighted by molar-refractivity contribution is 5.99. The van der Waals surface area contributed by atoms with Crippen molar-refractivity contribution >= 4 is 11.6 Å². The second-order valence-electron chi connectivity index (χ2n) is 4.63. The second-order valence-corrected chi connectivity index (χ2v) is 4.63. The molecule has 0 saturated carbocycles. The van der Waals surface area contributed by atoms with Crippen molar-refractivity contribution in [2.75, 3.05) is 20.2 Å². The summed E-state index contributed by atoms with van der Waals surface area (Å²) in [5.41, 5.74) is 8.02. The first-order chi connectivity index (χ1) is 10.0. The number of carbonyl (C=O) groups is 1. The quantitative estimate of drug-likeness (QED) is 0.646. The zero-order chi connectivity index (χ0) is 15.8. The first-order valence-electron chi connectivity index (χ1n) is 7.11. The molecule has 1 amide bonds. The maximum Gasteiger partial charge on any atom is 0.254 e. The van der Waals surface area contributed by atoms with Crippen LogP contribution in [0.2, 0.25) is 0 Å². The number of benzene rings is 1. The van der Waals surface area contributed by atoms with Gasteiger partial charge in [-0.1, -0.05) is 18.2 Å². The summed E-state index contributed by atoms with van der Waals surface area (Å²) in [6.07, 6.45) is 3.54. The van der Waals surface area contributed by atoms with Crippen molar-refractivity contribution in [1.82, 2.24) is 4.90 Å². The minimum absolute atomic E-state index is 0.000562. The van der Waals surface area contributed by atoms with Gasteiger partial charge in [0.15, 0.2) is 0 Å². The topological polar surface area (TPSA) is 55.6 Å². The van der Waals surface area contributed by atoms with E-state index in [4.69, 9.17) is 10.5 Å². The van der Waals surface area contributed by atoms with Crippen LogP contribution in [-0.2, 0) is 4.74 Å². The Morgan fingerprint density at radius 2 is 1.76 bits per heavy atom. The van der Waals surface area contributed by atoms with E-state index in [0.717, 1.165) is 11.3 Å². The Kier molecular flexibility index (Phi) is 6.53. The first-order valence-corrected chi connectivity index (χ1v) is 7.11. The van der Waals surface area contributed by atoms with Gasteiger partial charge in [0.25, 0.3) is 5.91 Å². The van der Waals surface area contributed by atoms with Gasteiger partial charge >= 0.3 is 0 Å². The van der Waals surface area contributed by atoms with Gasteiger partial charge in [-0.2, -0.15) is 0 Å². The van der Waals surface area contributed by atoms with E-state index in [1.165, 1.54) is 0 Å². The van der Waals surface area contributed by atoms with E-state index in [0.29, 0.717) is 24.4 Å². The molecule has 0 fully saturated rings. The van der Waals surface area contributed by atoms with Crippen molar-refractivity contribution in [3.8, 4) is 0 Å². The van der Waals surface area contributed by atoms with Crippen LogP contribution in [-0.4, -0.2) is 31.0 Å². The van der Waals surface area contributed by atoms with Gasteiger partial charge in [0, 0.05) is 29.9 Å². The van der Waals surface area contributed by atoms with Crippen molar-refractivity contribution < 1.29 is 9.53 Å². The average Bonchev–Trinajstić information content (AvgIpc) is 2.53. The Balaban J connectivity index is 3.18. The van der Waals surface area contributed by atoms with E-state index in [1.807, 2.05) is 45.0 Å². The molecular weight excluding hydrogens is 264 g/mol. The molecule has 1 aromatic rings. The Labute approximate surface area is 126 Å². The molecule has 1 aromatic carbocycles. The van der Waals surface area contributed by atoms with E-state index in [2.05, 4.69) is 0 Å². The molecule has 0 aliphatic rings. The highest BCUT2D eigenvalue weighted by Gasteiger charge is 2.16. The fourth-order valence-corrected chi connectivity index (χ4v) is 1.97. The maximum atomic E-state index is 12.5. The molecule has 4 nitrogen and oxygen atoms in total. The van der Waals surface area contributed by atoms with Crippen LogP contribution in [0, 0.1) is 0 Å². The maximum absolute atomic E-state index is 12.5. The standard InChI is InChI=1S/C17H24N2O2/c1-5-19(6-2)17(20)15-10-8-7-9-14(15)16(18)12-11-13(3)21-4/h7-12H,5-6,18H2,1-4H3/b13-11+,16-12-. The number of nitrogens with two attached hydrogens (primary N) is 1. The van der Waals surface area contributed by atoms with Gasteiger partial charge in [0.2, 0.25) is 0 Å². The number of nitrogens with zero attached hydrogens (tertiary/aromatic N) is 1. The van der Waals surface area contributed by atoms with Gasteiger partial charge in [-0.05, 0) is 39.0 Å². The Morgan fingerprint density at radius 1 is 1.19 bits per heavy atom. The minimum atomic E-state index is -0.000562. The van der Waals surface area contributed by atoms with E-state index in [1.54, 1.807) is 24.2 Å². The van der Waals surface area contributed by atoms with Gasteiger partial charge < -0.3 is 15.4 Å². The zero-order valence-electron chi connectivity index (χ0n) is 13.2. The summed E-state index contributed by atoms with van der Waals surface area (Å²) < 4.78 is 5.07. The number of allylic oxidation sites excluding steroid dienone is 3. The molecular formula is C17H24N2O2. The number of rotatable bonds is 6. The summed E-state index contributed by atoms with van der Waals surface area (Å²) in [5.74, 6) is 0.755.